The van der Waals surface area contributed by atoms with Crippen molar-refractivity contribution < 1.29 is 0 Å². The van der Waals surface area contributed by atoms with Crippen molar-refractivity contribution in [3.8, 4) is 0 Å². The lowest BCUT2D eigenvalue weighted by Crippen LogP contribution is -2.05. The third-order valence-electron chi connectivity index (χ3n) is 4.53. The van der Waals surface area contributed by atoms with Gasteiger partial charge in [0.05, 0.1) is 5.52 Å². The number of nitrogens with zero attached hydrogens (tertiary/aromatic N) is 1. The number of pyridine rings is 1. The Labute approximate surface area is 131 Å². The predicted molar refractivity (Wildman–Crippen MR) is 91.5 cm³/mol. The first-order valence-corrected chi connectivity index (χ1v) is 8.42. The number of fused-ring (bicyclic) bond motifs is 1. The van der Waals surface area contributed by atoms with Crippen LogP contribution < -0.4 is 5.32 Å². The Kier molecular flexibility index (Phi) is 4.34. The lowest BCUT2D eigenvalue weighted by Gasteiger charge is -2.16. The van der Waals surface area contributed by atoms with Crippen molar-refractivity contribution in [2.24, 2.45) is 0 Å². The van der Waals surface area contributed by atoms with Crippen molar-refractivity contribution in [3.63, 3.8) is 0 Å². The maximum atomic E-state index is 6.30. The minimum Gasteiger partial charge on any atom is -0.384 e. The summed E-state index contributed by atoms with van der Waals surface area (Å²) in [6.07, 6.45) is 6.32. The van der Waals surface area contributed by atoms with Crippen LogP contribution in [0.2, 0.25) is 5.02 Å². The van der Waals surface area contributed by atoms with E-state index in [2.05, 4.69) is 31.3 Å². The first kappa shape index (κ1) is 14.6. The van der Waals surface area contributed by atoms with E-state index in [9.17, 15) is 0 Å². The summed E-state index contributed by atoms with van der Waals surface area (Å²) in [4.78, 5) is 4.96. The zero-order chi connectivity index (χ0) is 14.8. The van der Waals surface area contributed by atoms with E-state index in [0.717, 1.165) is 29.1 Å². The molecule has 0 saturated heterocycles. The fourth-order valence-electron chi connectivity index (χ4n) is 3.26. The fourth-order valence-corrected chi connectivity index (χ4v) is 3.41. The molecule has 1 aromatic carbocycles. The van der Waals surface area contributed by atoms with E-state index in [1.54, 1.807) is 0 Å². The standard InChI is InChI=1S/C18H23ClN2/c1-3-10-20-17-11-16(13-6-4-5-7-13)21-18-12(2)15(19)9-8-14(17)18/h8-9,11,13H,3-7,10H2,1-2H3,(H,20,21). The number of hydrogen-bond donors (Lipinski definition) is 1. The molecule has 112 valence electrons. The van der Waals surface area contributed by atoms with Gasteiger partial charge in [-0.05, 0) is 49.9 Å². The Morgan fingerprint density at radius 2 is 2.05 bits per heavy atom. The van der Waals surface area contributed by atoms with Gasteiger partial charge in [-0.1, -0.05) is 31.4 Å². The summed E-state index contributed by atoms with van der Waals surface area (Å²) >= 11 is 6.30. The highest BCUT2D eigenvalue weighted by atomic mass is 35.5. The summed E-state index contributed by atoms with van der Waals surface area (Å²) in [6.45, 7) is 5.25. The minimum atomic E-state index is 0.620. The number of aryl methyl sites for hydroxylation is 1. The van der Waals surface area contributed by atoms with Gasteiger partial charge in [0.1, 0.15) is 0 Å². The average molecular weight is 303 g/mol. The van der Waals surface area contributed by atoms with E-state index in [0.29, 0.717) is 5.92 Å². The molecule has 1 aromatic heterocycles. The molecule has 21 heavy (non-hydrogen) atoms. The van der Waals surface area contributed by atoms with Gasteiger partial charge in [-0.15, -0.1) is 0 Å². The Bertz CT molecular complexity index is 645. The summed E-state index contributed by atoms with van der Waals surface area (Å²) in [5, 5.41) is 5.56. The second kappa shape index (κ2) is 6.23. The van der Waals surface area contributed by atoms with Crippen molar-refractivity contribution in [3.05, 3.63) is 34.5 Å². The molecule has 1 aliphatic carbocycles. The largest absolute Gasteiger partial charge is 0.384 e. The van der Waals surface area contributed by atoms with Gasteiger partial charge in [0.15, 0.2) is 0 Å². The van der Waals surface area contributed by atoms with E-state index in [-0.39, 0.29) is 0 Å². The molecule has 0 radical (unpaired) electrons. The van der Waals surface area contributed by atoms with Crippen LogP contribution >= 0.6 is 11.6 Å². The quantitative estimate of drug-likeness (QED) is 0.786. The fraction of sp³-hybridized carbons (Fsp3) is 0.500. The maximum absolute atomic E-state index is 6.30. The molecule has 0 unspecified atom stereocenters. The highest BCUT2D eigenvalue weighted by Crippen LogP contribution is 2.37. The van der Waals surface area contributed by atoms with Crippen LogP contribution in [-0.2, 0) is 0 Å². The summed E-state index contributed by atoms with van der Waals surface area (Å²) in [5.41, 5.74) is 4.60. The normalized spacial score (nSPS) is 15.8. The number of nitrogens with one attached hydrogen (secondary N) is 1. The Morgan fingerprint density at radius 3 is 2.76 bits per heavy atom. The molecule has 1 heterocycles. The first-order chi connectivity index (χ1) is 10.2. The highest BCUT2D eigenvalue weighted by molar-refractivity contribution is 6.32. The van der Waals surface area contributed by atoms with Crippen LogP contribution in [0, 0.1) is 6.92 Å². The number of anilines is 1. The SMILES string of the molecule is CCCNc1cc(C2CCCC2)nc2c(C)c(Cl)ccc12. The van der Waals surface area contributed by atoms with Crippen molar-refractivity contribution in [2.75, 3.05) is 11.9 Å². The Morgan fingerprint density at radius 1 is 1.29 bits per heavy atom. The van der Waals surface area contributed by atoms with E-state index < -0.39 is 0 Å². The molecule has 1 N–H and O–H groups in total. The van der Waals surface area contributed by atoms with Gasteiger partial charge in [-0.3, -0.25) is 4.98 Å². The Balaban J connectivity index is 2.14. The summed E-state index contributed by atoms with van der Waals surface area (Å²) in [7, 11) is 0. The van der Waals surface area contributed by atoms with Crippen molar-refractivity contribution >= 4 is 28.2 Å². The monoisotopic (exact) mass is 302 g/mol. The smallest absolute Gasteiger partial charge is 0.0770 e. The third kappa shape index (κ3) is 2.87. The van der Waals surface area contributed by atoms with Gasteiger partial charge in [0, 0.05) is 34.3 Å². The molecule has 0 aliphatic heterocycles. The van der Waals surface area contributed by atoms with Gasteiger partial charge >= 0.3 is 0 Å². The van der Waals surface area contributed by atoms with Crippen molar-refractivity contribution in [2.45, 2.75) is 51.9 Å². The van der Waals surface area contributed by atoms with Crippen molar-refractivity contribution in [1.82, 2.24) is 4.98 Å². The van der Waals surface area contributed by atoms with Gasteiger partial charge in [0.2, 0.25) is 0 Å². The molecule has 2 nitrogen and oxygen atoms in total. The van der Waals surface area contributed by atoms with Crippen LogP contribution in [0.4, 0.5) is 5.69 Å². The second-order valence-electron chi connectivity index (χ2n) is 6.07. The van der Waals surface area contributed by atoms with E-state index in [1.165, 1.54) is 42.5 Å². The van der Waals surface area contributed by atoms with E-state index in [4.69, 9.17) is 16.6 Å². The molecule has 2 aromatic rings. The molecule has 1 fully saturated rings. The van der Waals surface area contributed by atoms with Crippen LogP contribution in [-0.4, -0.2) is 11.5 Å². The number of hydrogen-bond acceptors (Lipinski definition) is 2. The zero-order valence-electron chi connectivity index (χ0n) is 12.9. The summed E-state index contributed by atoms with van der Waals surface area (Å²) in [6, 6.07) is 6.34. The minimum absolute atomic E-state index is 0.620. The summed E-state index contributed by atoms with van der Waals surface area (Å²) < 4.78 is 0. The number of aromatic nitrogens is 1. The van der Waals surface area contributed by atoms with Gasteiger partial charge in [0.25, 0.3) is 0 Å². The molecule has 3 heteroatoms. The van der Waals surface area contributed by atoms with Crippen LogP contribution in [0.25, 0.3) is 10.9 Å². The molecular weight excluding hydrogens is 280 g/mol. The molecule has 1 aliphatic rings. The molecule has 1 saturated carbocycles. The van der Waals surface area contributed by atoms with Crippen LogP contribution in [0.3, 0.4) is 0 Å². The molecule has 3 rings (SSSR count). The average Bonchev–Trinajstić information content (AvgIpc) is 3.03. The van der Waals surface area contributed by atoms with Crippen LogP contribution in [0.15, 0.2) is 18.2 Å². The molecule has 0 spiro atoms. The van der Waals surface area contributed by atoms with Gasteiger partial charge < -0.3 is 5.32 Å². The topological polar surface area (TPSA) is 24.9 Å². The highest BCUT2D eigenvalue weighted by Gasteiger charge is 2.20. The van der Waals surface area contributed by atoms with Gasteiger partial charge in [-0.2, -0.15) is 0 Å². The van der Waals surface area contributed by atoms with Crippen molar-refractivity contribution in [1.29, 1.82) is 0 Å². The number of benzene rings is 1. The zero-order valence-corrected chi connectivity index (χ0v) is 13.6. The lowest BCUT2D eigenvalue weighted by molar-refractivity contribution is 0.701. The Hall–Kier alpha value is -1.28. The molecule has 0 atom stereocenters. The first-order valence-electron chi connectivity index (χ1n) is 8.04. The van der Waals surface area contributed by atoms with Crippen LogP contribution in [0.5, 0.6) is 0 Å². The van der Waals surface area contributed by atoms with E-state index >= 15 is 0 Å². The molecule has 0 amide bonds. The molecule has 0 bridgehead atoms. The van der Waals surface area contributed by atoms with E-state index in [1.807, 2.05) is 6.07 Å². The maximum Gasteiger partial charge on any atom is 0.0770 e. The van der Waals surface area contributed by atoms with Crippen LogP contribution in [0.1, 0.15) is 56.2 Å². The summed E-state index contributed by atoms with van der Waals surface area (Å²) in [5.74, 6) is 0.620. The lowest BCUT2D eigenvalue weighted by atomic mass is 10.00. The second-order valence-corrected chi connectivity index (χ2v) is 6.48. The number of rotatable bonds is 4. The third-order valence-corrected chi connectivity index (χ3v) is 4.94. The van der Waals surface area contributed by atoms with Gasteiger partial charge in [-0.25, -0.2) is 0 Å². The predicted octanol–water partition coefficient (Wildman–Crippen LogP) is 5.68. The number of halogens is 1. The molecular formula is C18H23ClN2.